The molecule has 0 aliphatic carbocycles. The Balaban J connectivity index is 2.29. The molecule has 0 fully saturated rings. The van der Waals surface area contributed by atoms with Gasteiger partial charge in [0.05, 0.1) is 11.4 Å². The smallest absolute Gasteiger partial charge is 0.243 e. The molecule has 0 saturated heterocycles. The summed E-state index contributed by atoms with van der Waals surface area (Å²) in [6, 6.07) is 12.6. The summed E-state index contributed by atoms with van der Waals surface area (Å²) in [5, 5.41) is 3.13. The minimum Gasteiger partial charge on any atom is -0.357 e. The summed E-state index contributed by atoms with van der Waals surface area (Å²) in [4.78, 5) is 27.1. The van der Waals surface area contributed by atoms with Gasteiger partial charge in [-0.15, -0.1) is 0 Å². The second kappa shape index (κ2) is 10.7. The summed E-state index contributed by atoms with van der Waals surface area (Å²) in [7, 11) is -0.994. The maximum atomic E-state index is 13.2. The van der Waals surface area contributed by atoms with Crippen molar-refractivity contribution >= 4 is 33.4 Å². The van der Waals surface area contributed by atoms with Gasteiger partial charge in [0.15, 0.2) is 0 Å². The summed E-state index contributed by atoms with van der Waals surface area (Å²) < 4.78 is 26.8. The van der Waals surface area contributed by atoms with Gasteiger partial charge in [0, 0.05) is 25.7 Å². The predicted molar refractivity (Wildman–Crippen MR) is 121 cm³/mol. The molecule has 168 valence electrons. The maximum Gasteiger partial charge on any atom is 0.243 e. The number of amides is 2. The second-order valence-electron chi connectivity index (χ2n) is 7.26. The molecule has 0 heterocycles. The third-order valence-electron chi connectivity index (χ3n) is 4.99. The van der Waals surface area contributed by atoms with E-state index in [0.29, 0.717) is 11.4 Å². The standard InChI is InChI=1S/C22H28ClN3O4S/c1-5-20(22(28)24-3)26(14-17-8-10-18(23)11-9-17)21(27)15-25(4)31(29,30)19-12-6-16(2)7-13-19/h6-13,20H,5,14-15H2,1-4H3,(H,24,28). The Morgan fingerprint density at radius 2 is 1.65 bits per heavy atom. The van der Waals surface area contributed by atoms with Crippen molar-refractivity contribution in [2.24, 2.45) is 0 Å². The van der Waals surface area contributed by atoms with Crippen molar-refractivity contribution in [1.82, 2.24) is 14.5 Å². The first-order valence-electron chi connectivity index (χ1n) is 9.88. The van der Waals surface area contributed by atoms with Crippen LogP contribution in [0.2, 0.25) is 5.02 Å². The molecule has 2 rings (SSSR count). The van der Waals surface area contributed by atoms with Gasteiger partial charge in [-0.05, 0) is 43.2 Å². The zero-order valence-electron chi connectivity index (χ0n) is 18.1. The number of hydrogen-bond donors (Lipinski definition) is 1. The molecule has 0 radical (unpaired) electrons. The van der Waals surface area contributed by atoms with Gasteiger partial charge in [-0.3, -0.25) is 9.59 Å². The first kappa shape index (κ1) is 24.8. The molecule has 1 atom stereocenters. The van der Waals surface area contributed by atoms with Crippen LogP contribution in [0.25, 0.3) is 0 Å². The number of likely N-dealkylation sites (N-methyl/N-ethyl adjacent to an activating group) is 2. The highest BCUT2D eigenvalue weighted by molar-refractivity contribution is 7.89. The predicted octanol–water partition coefficient (Wildman–Crippen LogP) is 2.82. The third-order valence-corrected chi connectivity index (χ3v) is 7.06. The molecule has 1 unspecified atom stereocenters. The van der Waals surface area contributed by atoms with Gasteiger partial charge in [0.1, 0.15) is 6.04 Å². The molecule has 1 N–H and O–H groups in total. The zero-order chi connectivity index (χ0) is 23.2. The van der Waals surface area contributed by atoms with Gasteiger partial charge in [0.2, 0.25) is 21.8 Å². The Labute approximate surface area is 189 Å². The average Bonchev–Trinajstić information content (AvgIpc) is 2.74. The van der Waals surface area contributed by atoms with E-state index in [1.165, 1.54) is 31.1 Å². The summed E-state index contributed by atoms with van der Waals surface area (Å²) in [5.74, 6) is -0.780. The summed E-state index contributed by atoms with van der Waals surface area (Å²) in [6.45, 7) is 3.42. The molecule has 7 nitrogen and oxygen atoms in total. The van der Waals surface area contributed by atoms with Gasteiger partial charge < -0.3 is 10.2 Å². The van der Waals surface area contributed by atoms with Crippen LogP contribution in [0.3, 0.4) is 0 Å². The van der Waals surface area contributed by atoms with Gasteiger partial charge in [-0.1, -0.05) is 48.4 Å². The van der Waals surface area contributed by atoms with Gasteiger partial charge in [0.25, 0.3) is 0 Å². The highest BCUT2D eigenvalue weighted by Crippen LogP contribution is 2.18. The number of aryl methyl sites for hydroxylation is 1. The van der Waals surface area contributed by atoms with Crippen LogP contribution < -0.4 is 5.32 Å². The lowest BCUT2D eigenvalue weighted by molar-refractivity contribution is -0.141. The van der Waals surface area contributed by atoms with E-state index in [1.807, 2.05) is 6.92 Å². The zero-order valence-corrected chi connectivity index (χ0v) is 19.7. The Kier molecular flexibility index (Phi) is 8.61. The number of nitrogens with zero attached hydrogens (tertiary/aromatic N) is 2. The van der Waals surface area contributed by atoms with E-state index in [-0.39, 0.29) is 17.3 Å². The fourth-order valence-electron chi connectivity index (χ4n) is 3.13. The summed E-state index contributed by atoms with van der Waals surface area (Å²) >= 11 is 5.94. The number of carbonyl (C=O) groups excluding carboxylic acids is 2. The number of halogens is 1. The molecule has 0 saturated carbocycles. The van der Waals surface area contributed by atoms with Crippen molar-refractivity contribution in [3.05, 3.63) is 64.7 Å². The van der Waals surface area contributed by atoms with Crippen molar-refractivity contribution in [2.45, 2.75) is 37.8 Å². The first-order valence-corrected chi connectivity index (χ1v) is 11.7. The molecule has 9 heteroatoms. The van der Waals surface area contributed by atoms with Crippen molar-refractivity contribution < 1.29 is 18.0 Å². The van der Waals surface area contributed by atoms with E-state index < -0.39 is 28.5 Å². The fraction of sp³-hybridized carbons (Fsp3) is 0.364. The van der Waals surface area contributed by atoms with Crippen LogP contribution in [-0.2, 0) is 26.2 Å². The number of carbonyl (C=O) groups is 2. The van der Waals surface area contributed by atoms with Crippen LogP contribution >= 0.6 is 11.6 Å². The molecule has 31 heavy (non-hydrogen) atoms. The third kappa shape index (κ3) is 6.29. The summed E-state index contributed by atoms with van der Waals surface area (Å²) in [6.07, 6.45) is 0.382. The number of hydrogen-bond acceptors (Lipinski definition) is 4. The Morgan fingerprint density at radius 1 is 1.06 bits per heavy atom. The number of benzene rings is 2. The van der Waals surface area contributed by atoms with Crippen LogP contribution in [0.1, 0.15) is 24.5 Å². The molecular formula is C22H28ClN3O4S. The van der Waals surface area contributed by atoms with Crippen molar-refractivity contribution in [2.75, 3.05) is 20.6 Å². The van der Waals surface area contributed by atoms with Gasteiger partial charge >= 0.3 is 0 Å². The molecule has 2 aromatic carbocycles. The van der Waals surface area contributed by atoms with E-state index >= 15 is 0 Å². The minimum absolute atomic E-state index is 0.107. The van der Waals surface area contributed by atoms with Gasteiger partial charge in [-0.2, -0.15) is 4.31 Å². The summed E-state index contributed by atoms with van der Waals surface area (Å²) in [5.41, 5.74) is 1.72. The largest absolute Gasteiger partial charge is 0.357 e. The molecule has 0 aromatic heterocycles. The van der Waals surface area contributed by atoms with Crippen LogP contribution in [0.15, 0.2) is 53.4 Å². The van der Waals surface area contributed by atoms with E-state index in [4.69, 9.17) is 11.6 Å². The van der Waals surface area contributed by atoms with Crippen LogP contribution in [-0.4, -0.2) is 56.1 Å². The van der Waals surface area contributed by atoms with Crippen LogP contribution in [0.5, 0.6) is 0 Å². The first-order chi connectivity index (χ1) is 14.6. The van der Waals surface area contributed by atoms with E-state index in [9.17, 15) is 18.0 Å². The number of sulfonamides is 1. The highest BCUT2D eigenvalue weighted by atomic mass is 35.5. The monoisotopic (exact) mass is 465 g/mol. The number of nitrogens with one attached hydrogen (secondary N) is 1. The molecule has 0 spiro atoms. The lowest BCUT2D eigenvalue weighted by Gasteiger charge is -2.31. The van der Waals surface area contributed by atoms with Crippen molar-refractivity contribution in [1.29, 1.82) is 0 Å². The topological polar surface area (TPSA) is 86.8 Å². The second-order valence-corrected chi connectivity index (χ2v) is 9.74. The maximum absolute atomic E-state index is 13.2. The molecule has 0 aliphatic heterocycles. The molecule has 0 aliphatic rings. The fourth-order valence-corrected chi connectivity index (χ4v) is 4.38. The van der Waals surface area contributed by atoms with Gasteiger partial charge in [-0.25, -0.2) is 8.42 Å². The van der Waals surface area contributed by atoms with E-state index in [2.05, 4.69) is 5.32 Å². The van der Waals surface area contributed by atoms with Crippen LogP contribution in [0, 0.1) is 6.92 Å². The molecule has 0 bridgehead atoms. The molecule has 2 amide bonds. The Morgan fingerprint density at radius 3 is 2.16 bits per heavy atom. The number of rotatable bonds is 9. The van der Waals surface area contributed by atoms with E-state index in [0.717, 1.165) is 15.4 Å². The van der Waals surface area contributed by atoms with Crippen LogP contribution in [0.4, 0.5) is 0 Å². The SMILES string of the molecule is CCC(C(=O)NC)N(Cc1ccc(Cl)cc1)C(=O)CN(C)S(=O)(=O)c1ccc(C)cc1. The normalized spacial score (nSPS) is 12.5. The highest BCUT2D eigenvalue weighted by Gasteiger charge is 2.31. The van der Waals surface area contributed by atoms with Crippen molar-refractivity contribution in [3.63, 3.8) is 0 Å². The minimum atomic E-state index is -3.85. The average molecular weight is 466 g/mol. The molecular weight excluding hydrogens is 438 g/mol. The lowest BCUT2D eigenvalue weighted by Crippen LogP contribution is -2.51. The Hall–Kier alpha value is -2.42. The Bertz CT molecular complexity index is 1010. The quantitative estimate of drug-likeness (QED) is 0.617. The van der Waals surface area contributed by atoms with Crippen molar-refractivity contribution in [3.8, 4) is 0 Å². The van der Waals surface area contributed by atoms with E-state index in [1.54, 1.807) is 43.3 Å². The molecule has 2 aromatic rings. The lowest BCUT2D eigenvalue weighted by atomic mass is 10.1.